The van der Waals surface area contributed by atoms with Crippen LogP contribution in [-0.2, 0) is 108 Å². The number of fused-ring (bicyclic) bond motifs is 1. The number of hydrogen-bond donors (Lipinski definition) is 0. The van der Waals surface area contributed by atoms with Crippen molar-refractivity contribution in [1.82, 2.24) is 0 Å². The lowest BCUT2D eigenvalue weighted by Crippen LogP contribution is -2.66. The lowest BCUT2D eigenvalue weighted by atomic mass is 9.96. The van der Waals surface area contributed by atoms with Gasteiger partial charge in [-0.25, -0.2) is 9.59 Å². The first kappa shape index (κ1) is 61.1. The van der Waals surface area contributed by atoms with E-state index in [0.717, 1.165) is 0 Å². The van der Waals surface area contributed by atoms with Crippen LogP contribution in [-0.4, -0.2) is 153 Å². The van der Waals surface area contributed by atoms with Crippen LogP contribution in [0.2, 0.25) is 0 Å². The molecule has 4 aliphatic rings. The van der Waals surface area contributed by atoms with Gasteiger partial charge < -0.3 is 75.8 Å². The minimum absolute atomic E-state index is 0.0640. The molecule has 0 aliphatic carbocycles. The van der Waals surface area contributed by atoms with Crippen molar-refractivity contribution in [3.63, 3.8) is 0 Å². The minimum Gasteiger partial charge on any atom is -0.463 e. The zero-order chi connectivity index (χ0) is 58.5. The van der Waals surface area contributed by atoms with Crippen molar-refractivity contribution in [3.8, 4) is 0 Å². The molecule has 440 valence electrons. The largest absolute Gasteiger partial charge is 0.463 e. The van der Waals surface area contributed by atoms with Crippen molar-refractivity contribution >= 4 is 41.6 Å². The first-order chi connectivity index (χ1) is 39.3. The van der Waals surface area contributed by atoms with Gasteiger partial charge in [-0.1, -0.05) is 97.1 Å². The summed E-state index contributed by atoms with van der Waals surface area (Å²) in [6.07, 6.45) is -21.7. The van der Waals surface area contributed by atoms with E-state index in [9.17, 15) is 33.6 Å². The fourth-order valence-corrected chi connectivity index (χ4v) is 9.82. The lowest BCUT2D eigenvalue weighted by molar-refractivity contribution is -0.363. The van der Waals surface area contributed by atoms with Crippen LogP contribution in [0, 0.1) is 0 Å². The standard InChI is InChI=1S/C60H68O22/c1-34(61)28-29-45(65)77-54-51-48(81-60(6,7)82-51)44(32-68-36(3)62)76-59(54)80-47-43(33-71-57-52(69-30-39-20-12-8-13-21-39)49(74-38(5)64)46(35(2)72-57)73-37(4)63)75-58(70-31-40-22-14-9-15-23-40)53(79-56(67)42-26-18-11-19-27-42)50(47)78-55(66)41-24-16-10-17-25-41/h8-27,35,43-44,46-54,57-59H,28-33H2,1-7H3/t35-,43+,44+,46+,47+,48-,49+,50-,51-,52-,53+,54+,57+,58+,59-/m0/s1. The van der Waals surface area contributed by atoms with Gasteiger partial charge in [0.2, 0.25) is 0 Å². The summed E-state index contributed by atoms with van der Waals surface area (Å²) in [5.41, 5.74) is 1.57. The average molecular weight is 1140 g/mol. The van der Waals surface area contributed by atoms with Crippen molar-refractivity contribution < 1.29 is 105 Å². The molecule has 0 spiro atoms. The third-order valence-electron chi connectivity index (χ3n) is 13.5. The molecule has 0 radical (unpaired) electrons. The smallest absolute Gasteiger partial charge is 0.338 e. The molecule has 4 fully saturated rings. The van der Waals surface area contributed by atoms with E-state index in [1.165, 1.54) is 52.0 Å². The molecule has 4 aromatic carbocycles. The van der Waals surface area contributed by atoms with E-state index >= 15 is 0 Å². The topological polar surface area (TPSA) is 258 Å². The predicted octanol–water partition coefficient (Wildman–Crippen LogP) is 6.06. The number of ketones is 1. The van der Waals surface area contributed by atoms with Crippen molar-refractivity contribution in [1.29, 1.82) is 0 Å². The van der Waals surface area contributed by atoms with Gasteiger partial charge in [0.1, 0.15) is 49.0 Å². The van der Waals surface area contributed by atoms with Crippen LogP contribution < -0.4 is 0 Å². The van der Waals surface area contributed by atoms with E-state index in [1.807, 2.05) is 24.3 Å². The third kappa shape index (κ3) is 16.4. The number of hydrogen-bond acceptors (Lipinski definition) is 22. The van der Waals surface area contributed by atoms with Gasteiger partial charge in [0.05, 0.1) is 43.5 Å². The third-order valence-corrected chi connectivity index (χ3v) is 13.5. The molecule has 22 heteroatoms. The summed E-state index contributed by atoms with van der Waals surface area (Å²) in [6.45, 7) is 8.52. The summed E-state index contributed by atoms with van der Waals surface area (Å²) in [6, 6.07) is 34.0. The van der Waals surface area contributed by atoms with Crippen LogP contribution in [0.3, 0.4) is 0 Å². The molecule has 0 bridgehead atoms. The number of benzene rings is 4. The zero-order valence-corrected chi connectivity index (χ0v) is 46.4. The van der Waals surface area contributed by atoms with E-state index in [2.05, 4.69) is 0 Å². The number of esters is 6. The molecule has 0 saturated carbocycles. The normalized spacial score (nSPS) is 29.2. The van der Waals surface area contributed by atoms with Gasteiger partial charge in [0.25, 0.3) is 0 Å². The minimum atomic E-state index is -1.76. The highest BCUT2D eigenvalue weighted by Crippen LogP contribution is 2.42. The Bertz CT molecular complexity index is 2780. The zero-order valence-electron chi connectivity index (χ0n) is 46.4. The van der Waals surface area contributed by atoms with Gasteiger partial charge in [0, 0.05) is 27.2 Å². The molecule has 4 heterocycles. The fourth-order valence-electron chi connectivity index (χ4n) is 9.82. The first-order valence-corrected chi connectivity index (χ1v) is 26.9. The molecule has 0 amide bonds. The number of rotatable bonds is 23. The summed E-state index contributed by atoms with van der Waals surface area (Å²) in [5.74, 6) is -6.36. The summed E-state index contributed by atoms with van der Waals surface area (Å²) < 4.78 is 95.3. The molecular weight excluding hydrogens is 1070 g/mol. The quantitative estimate of drug-likeness (QED) is 0.0603. The Kier molecular flexibility index (Phi) is 21.1. The van der Waals surface area contributed by atoms with Crippen LogP contribution >= 0.6 is 0 Å². The first-order valence-electron chi connectivity index (χ1n) is 26.9. The number of ether oxygens (including phenoxy) is 15. The van der Waals surface area contributed by atoms with Crippen LogP contribution in [0.15, 0.2) is 121 Å². The molecule has 8 rings (SSSR count). The summed E-state index contributed by atoms with van der Waals surface area (Å²) >= 11 is 0. The van der Waals surface area contributed by atoms with Crippen LogP contribution in [0.1, 0.15) is 93.2 Å². The monoisotopic (exact) mass is 1140 g/mol. The maximum atomic E-state index is 14.7. The molecular formula is C60H68O22. The molecule has 4 saturated heterocycles. The Balaban J connectivity index is 1.26. The number of carbonyl (C=O) groups is 7. The number of Topliss-reactive ketones (excluding diaryl/α,β-unsaturated/α-hetero) is 1. The molecule has 82 heavy (non-hydrogen) atoms. The van der Waals surface area contributed by atoms with Gasteiger partial charge in [-0.15, -0.1) is 0 Å². The molecule has 0 N–H and O–H groups in total. The lowest BCUT2D eigenvalue weighted by Gasteiger charge is -2.48. The van der Waals surface area contributed by atoms with E-state index < -0.39 is 147 Å². The predicted molar refractivity (Wildman–Crippen MR) is 281 cm³/mol. The number of carbonyl (C=O) groups excluding carboxylic acids is 7. The highest BCUT2D eigenvalue weighted by Gasteiger charge is 2.61. The van der Waals surface area contributed by atoms with Crippen LogP contribution in [0.25, 0.3) is 0 Å². The van der Waals surface area contributed by atoms with Gasteiger partial charge >= 0.3 is 35.8 Å². The van der Waals surface area contributed by atoms with Gasteiger partial charge in [0.15, 0.2) is 55.2 Å². The SMILES string of the molecule is CC(=O)CCC(=O)O[C@H]1[C@H](O[C@H]2[C@H](OC(=O)c3ccccc3)[C@@H](OC(=O)c3ccccc3)[C@H](OCc3ccccc3)O[C@@H]2CO[C@@H]2O[C@@H](C)[C@@H](OC(C)=O)[C@@H](OC(C)=O)[C@@H]2OCc2ccccc2)O[C@H](COC(C)=O)[C@@H]2OC(C)(C)O[C@@H]21. The fraction of sp³-hybridized carbons (Fsp3) is 0.483. The molecule has 22 nitrogen and oxygen atoms in total. The average Bonchev–Trinajstić information content (AvgIpc) is 3.00. The molecule has 4 aromatic rings. The van der Waals surface area contributed by atoms with Crippen molar-refractivity contribution in [2.24, 2.45) is 0 Å². The van der Waals surface area contributed by atoms with Gasteiger partial charge in [-0.05, 0) is 63.1 Å². The second kappa shape index (κ2) is 28.3. The summed E-state index contributed by atoms with van der Waals surface area (Å²) in [4.78, 5) is 92.8. The maximum absolute atomic E-state index is 14.7. The van der Waals surface area contributed by atoms with E-state index in [-0.39, 0.29) is 43.0 Å². The summed E-state index contributed by atoms with van der Waals surface area (Å²) in [7, 11) is 0. The van der Waals surface area contributed by atoms with Crippen LogP contribution in [0.5, 0.6) is 0 Å². The van der Waals surface area contributed by atoms with Crippen molar-refractivity contribution in [3.05, 3.63) is 144 Å². The van der Waals surface area contributed by atoms with E-state index in [4.69, 9.17) is 71.1 Å². The maximum Gasteiger partial charge on any atom is 0.338 e. The van der Waals surface area contributed by atoms with Crippen molar-refractivity contribution in [2.45, 2.75) is 172 Å². The Morgan fingerprint density at radius 3 is 1.51 bits per heavy atom. The Morgan fingerprint density at radius 2 is 0.951 bits per heavy atom. The van der Waals surface area contributed by atoms with Crippen molar-refractivity contribution in [2.75, 3.05) is 13.2 Å². The highest BCUT2D eigenvalue weighted by atomic mass is 16.8. The molecule has 15 atom stereocenters. The van der Waals surface area contributed by atoms with E-state index in [0.29, 0.717) is 11.1 Å². The second-order valence-corrected chi connectivity index (χ2v) is 20.4. The molecule has 0 unspecified atom stereocenters. The van der Waals surface area contributed by atoms with Crippen LogP contribution in [0.4, 0.5) is 0 Å². The highest BCUT2D eigenvalue weighted by molar-refractivity contribution is 5.90. The Morgan fingerprint density at radius 1 is 0.451 bits per heavy atom. The molecule has 0 aromatic heterocycles. The Hall–Kier alpha value is -6.99. The Labute approximate surface area is 474 Å². The van der Waals surface area contributed by atoms with Gasteiger partial charge in [-0.3, -0.25) is 19.2 Å². The second-order valence-electron chi connectivity index (χ2n) is 20.4. The van der Waals surface area contributed by atoms with Gasteiger partial charge in [-0.2, -0.15) is 0 Å². The van der Waals surface area contributed by atoms with E-state index in [1.54, 1.807) is 93.6 Å². The molecule has 4 aliphatic heterocycles. The summed E-state index contributed by atoms with van der Waals surface area (Å²) in [5, 5.41) is 0.